The van der Waals surface area contributed by atoms with Crippen molar-refractivity contribution in [2.75, 3.05) is 7.05 Å². The summed E-state index contributed by atoms with van der Waals surface area (Å²) in [7, 11) is 1.49. The van der Waals surface area contributed by atoms with Gasteiger partial charge in [-0.15, -0.1) is 0 Å². The van der Waals surface area contributed by atoms with Crippen molar-refractivity contribution in [3.05, 3.63) is 18.7 Å². The monoisotopic (exact) mass is 268 g/mol. The van der Waals surface area contributed by atoms with Crippen LogP contribution >= 0.6 is 0 Å². The van der Waals surface area contributed by atoms with Crippen molar-refractivity contribution in [1.82, 2.24) is 19.8 Å². The molecule has 1 heterocycles. The lowest BCUT2D eigenvalue weighted by molar-refractivity contribution is -0.141. The lowest BCUT2D eigenvalue weighted by atomic mass is 10.2. The third kappa shape index (κ3) is 4.27. The minimum absolute atomic E-state index is 0.115. The van der Waals surface area contributed by atoms with Crippen LogP contribution in [0.3, 0.4) is 0 Å². The topological polar surface area (TPSA) is 87.5 Å². The fourth-order valence-electron chi connectivity index (χ4n) is 1.82. The number of carboxylic acid groups (broad SMARTS) is 1. The first-order valence-corrected chi connectivity index (χ1v) is 6.17. The Balaban J connectivity index is 2.51. The van der Waals surface area contributed by atoms with Gasteiger partial charge in [-0.1, -0.05) is 6.92 Å². The second-order valence-corrected chi connectivity index (χ2v) is 4.48. The zero-order valence-electron chi connectivity index (χ0n) is 11.4. The average molecular weight is 268 g/mol. The summed E-state index contributed by atoms with van der Waals surface area (Å²) in [5.41, 5.74) is 0. The normalized spacial score (nSPS) is 13.6. The maximum atomic E-state index is 11.9. The number of carbonyl (C=O) groups excluding carboxylic acids is 1. The van der Waals surface area contributed by atoms with Gasteiger partial charge in [0.2, 0.25) is 0 Å². The second kappa shape index (κ2) is 6.77. The van der Waals surface area contributed by atoms with Crippen molar-refractivity contribution in [3.63, 3.8) is 0 Å². The van der Waals surface area contributed by atoms with E-state index in [1.807, 2.05) is 11.5 Å². The van der Waals surface area contributed by atoms with Gasteiger partial charge in [-0.05, 0) is 13.3 Å². The van der Waals surface area contributed by atoms with E-state index in [9.17, 15) is 9.59 Å². The van der Waals surface area contributed by atoms with Crippen LogP contribution in [0.15, 0.2) is 18.7 Å². The van der Waals surface area contributed by atoms with E-state index in [1.54, 1.807) is 25.6 Å². The van der Waals surface area contributed by atoms with Gasteiger partial charge in [-0.25, -0.2) is 14.6 Å². The summed E-state index contributed by atoms with van der Waals surface area (Å²) >= 11 is 0. The fraction of sp³-hybridized carbons (Fsp3) is 0.583. The van der Waals surface area contributed by atoms with Crippen LogP contribution in [0.4, 0.5) is 4.79 Å². The van der Waals surface area contributed by atoms with Crippen LogP contribution in [0.25, 0.3) is 0 Å². The van der Waals surface area contributed by atoms with E-state index in [0.717, 1.165) is 0 Å². The van der Waals surface area contributed by atoms with E-state index < -0.39 is 12.0 Å². The smallest absolute Gasteiger partial charge is 0.326 e. The number of aromatic nitrogens is 2. The highest BCUT2D eigenvalue weighted by atomic mass is 16.4. The number of urea groups is 1. The molecule has 0 aliphatic heterocycles. The lowest BCUT2D eigenvalue weighted by Crippen LogP contribution is -2.49. The van der Waals surface area contributed by atoms with Crippen molar-refractivity contribution in [1.29, 1.82) is 0 Å². The number of carbonyl (C=O) groups is 2. The highest BCUT2D eigenvalue weighted by molar-refractivity contribution is 5.82. The van der Waals surface area contributed by atoms with Gasteiger partial charge in [0.25, 0.3) is 0 Å². The molecule has 2 unspecified atom stereocenters. The number of imidazole rings is 1. The molecule has 0 fully saturated rings. The molecule has 1 rings (SSSR count). The van der Waals surface area contributed by atoms with Crippen LogP contribution in [0, 0.1) is 0 Å². The number of nitrogens with zero attached hydrogens (tertiary/aromatic N) is 3. The van der Waals surface area contributed by atoms with E-state index in [-0.39, 0.29) is 12.1 Å². The summed E-state index contributed by atoms with van der Waals surface area (Å²) in [4.78, 5) is 28.0. The van der Waals surface area contributed by atoms with Crippen LogP contribution in [0.5, 0.6) is 0 Å². The Bertz CT molecular complexity index is 419. The van der Waals surface area contributed by atoms with E-state index in [4.69, 9.17) is 5.11 Å². The number of carboxylic acids is 1. The Kier molecular flexibility index (Phi) is 5.35. The Morgan fingerprint density at radius 2 is 2.21 bits per heavy atom. The number of hydrogen-bond donors (Lipinski definition) is 2. The summed E-state index contributed by atoms with van der Waals surface area (Å²) in [5.74, 6) is -0.998. The third-order valence-corrected chi connectivity index (χ3v) is 2.87. The van der Waals surface area contributed by atoms with E-state index in [2.05, 4.69) is 10.3 Å². The van der Waals surface area contributed by atoms with Crippen molar-refractivity contribution in [2.45, 2.75) is 38.9 Å². The Morgan fingerprint density at radius 1 is 1.53 bits per heavy atom. The van der Waals surface area contributed by atoms with Gasteiger partial charge in [0.1, 0.15) is 6.04 Å². The number of nitrogens with one attached hydrogen (secondary N) is 1. The van der Waals surface area contributed by atoms with Gasteiger partial charge in [-0.2, -0.15) is 0 Å². The SMILES string of the molecule is CCC(C(=O)O)N(C)C(=O)NC(C)Cn1ccnc1. The molecule has 1 aromatic heterocycles. The predicted octanol–water partition coefficient (Wildman–Crippen LogP) is 0.776. The maximum Gasteiger partial charge on any atom is 0.326 e. The average Bonchev–Trinajstić information content (AvgIpc) is 2.81. The molecular formula is C12H20N4O3. The summed E-state index contributed by atoms with van der Waals surface area (Å²) in [6.07, 6.45) is 5.50. The van der Waals surface area contributed by atoms with Gasteiger partial charge >= 0.3 is 12.0 Å². The van der Waals surface area contributed by atoms with Gasteiger partial charge in [0.15, 0.2) is 0 Å². The molecule has 0 radical (unpaired) electrons. The van der Waals surface area contributed by atoms with Crippen LogP contribution < -0.4 is 5.32 Å². The summed E-state index contributed by atoms with van der Waals surface area (Å²) in [6.45, 7) is 4.17. The van der Waals surface area contributed by atoms with E-state index in [1.165, 1.54) is 11.9 Å². The molecule has 0 bridgehead atoms. The summed E-state index contributed by atoms with van der Waals surface area (Å²) in [6, 6.07) is -1.31. The lowest BCUT2D eigenvalue weighted by Gasteiger charge is -2.26. The second-order valence-electron chi connectivity index (χ2n) is 4.48. The molecule has 2 amide bonds. The molecule has 0 saturated carbocycles. The molecular weight excluding hydrogens is 248 g/mol. The molecule has 7 heteroatoms. The zero-order chi connectivity index (χ0) is 14.4. The third-order valence-electron chi connectivity index (χ3n) is 2.87. The molecule has 2 atom stereocenters. The van der Waals surface area contributed by atoms with Crippen molar-refractivity contribution in [3.8, 4) is 0 Å². The number of amides is 2. The number of hydrogen-bond acceptors (Lipinski definition) is 3. The molecule has 0 spiro atoms. The van der Waals surface area contributed by atoms with Gasteiger partial charge in [0.05, 0.1) is 6.33 Å². The molecule has 19 heavy (non-hydrogen) atoms. The predicted molar refractivity (Wildman–Crippen MR) is 69.7 cm³/mol. The fourth-order valence-corrected chi connectivity index (χ4v) is 1.82. The Hall–Kier alpha value is -2.05. The number of rotatable bonds is 6. The molecule has 0 aliphatic carbocycles. The van der Waals surface area contributed by atoms with Gasteiger partial charge < -0.3 is 19.9 Å². The quantitative estimate of drug-likeness (QED) is 0.798. The minimum Gasteiger partial charge on any atom is -0.480 e. The summed E-state index contributed by atoms with van der Waals surface area (Å²) in [5, 5.41) is 11.8. The van der Waals surface area contributed by atoms with Crippen LogP contribution in [-0.2, 0) is 11.3 Å². The van der Waals surface area contributed by atoms with E-state index >= 15 is 0 Å². The molecule has 2 N–H and O–H groups in total. The Morgan fingerprint density at radius 3 is 2.68 bits per heavy atom. The first-order chi connectivity index (χ1) is 8.95. The standard InChI is InChI=1S/C12H20N4O3/c1-4-10(11(17)18)15(3)12(19)14-9(2)7-16-6-5-13-8-16/h5-6,8-10H,4,7H2,1-3H3,(H,14,19)(H,17,18). The maximum absolute atomic E-state index is 11.9. The number of likely N-dealkylation sites (N-methyl/N-ethyl adjacent to an activating group) is 1. The highest BCUT2D eigenvalue weighted by Crippen LogP contribution is 2.03. The van der Waals surface area contributed by atoms with Crippen molar-refractivity contribution >= 4 is 12.0 Å². The van der Waals surface area contributed by atoms with Crippen LogP contribution in [-0.4, -0.2) is 50.7 Å². The van der Waals surface area contributed by atoms with Gasteiger partial charge in [0, 0.05) is 32.0 Å². The molecule has 1 aromatic rings. The molecule has 0 aliphatic rings. The van der Waals surface area contributed by atoms with Crippen LogP contribution in [0.1, 0.15) is 20.3 Å². The highest BCUT2D eigenvalue weighted by Gasteiger charge is 2.25. The molecule has 106 valence electrons. The minimum atomic E-state index is -0.998. The zero-order valence-corrected chi connectivity index (χ0v) is 11.4. The van der Waals surface area contributed by atoms with Gasteiger partial charge in [-0.3, -0.25) is 0 Å². The molecule has 0 saturated heterocycles. The molecule has 0 aromatic carbocycles. The first-order valence-electron chi connectivity index (χ1n) is 6.17. The van der Waals surface area contributed by atoms with Crippen molar-refractivity contribution in [2.24, 2.45) is 0 Å². The first kappa shape index (κ1) is 15.0. The van der Waals surface area contributed by atoms with E-state index in [0.29, 0.717) is 13.0 Å². The largest absolute Gasteiger partial charge is 0.480 e. The Labute approximate surface area is 112 Å². The molecule has 7 nitrogen and oxygen atoms in total. The summed E-state index contributed by atoms with van der Waals surface area (Å²) < 4.78 is 1.85. The van der Waals surface area contributed by atoms with Crippen LogP contribution in [0.2, 0.25) is 0 Å². The van der Waals surface area contributed by atoms with Crippen molar-refractivity contribution < 1.29 is 14.7 Å². The number of aliphatic carboxylic acids is 1.